The average Bonchev–Trinajstić information content (AvgIpc) is 3.18. The standard InChI is InChI=1S/C31H27NO/c1-19-18-32-28(15-22(19)17-31(2,3)4)25-11-7-10-24-27-14-21-13-12-20-8-5-6-9-23(20)26(21)16-29(27)33-30(24)25/h5-16,18H,17H2,1-4H3/i1D3,18D. The van der Waals surface area contributed by atoms with Crippen LogP contribution >= 0.6 is 0 Å². The molecule has 0 N–H and O–H groups in total. The Balaban J connectivity index is 1.61. The molecule has 0 radical (unpaired) electrons. The Bertz CT molecular complexity index is 1840. The minimum absolute atomic E-state index is 0.0288. The third kappa shape index (κ3) is 3.38. The normalized spacial score (nSPS) is 14.5. The van der Waals surface area contributed by atoms with Crippen molar-refractivity contribution in [3.05, 3.63) is 90.1 Å². The number of hydrogen-bond donors (Lipinski definition) is 0. The van der Waals surface area contributed by atoms with Crippen LogP contribution in [0.5, 0.6) is 0 Å². The Hall–Kier alpha value is -3.65. The average molecular weight is 434 g/mol. The van der Waals surface area contributed by atoms with Crippen LogP contribution in [0.4, 0.5) is 0 Å². The summed E-state index contributed by atoms with van der Waals surface area (Å²) in [6.07, 6.45) is 0.318. The fraction of sp³-hybridized carbons (Fsp3) is 0.194. The zero-order valence-electron chi connectivity index (χ0n) is 23.0. The predicted molar refractivity (Wildman–Crippen MR) is 140 cm³/mol. The smallest absolute Gasteiger partial charge is 0.144 e. The zero-order chi connectivity index (χ0) is 26.1. The lowest BCUT2D eigenvalue weighted by atomic mass is 9.86. The van der Waals surface area contributed by atoms with Gasteiger partial charge in [0.1, 0.15) is 11.2 Å². The van der Waals surface area contributed by atoms with E-state index in [1.54, 1.807) is 0 Å². The number of hydrogen-bond acceptors (Lipinski definition) is 2. The molecule has 162 valence electrons. The quantitative estimate of drug-likeness (QED) is 0.255. The van der Waals surface area contributed by atoms with Crippen LogP contribution in [0.3, 0.4) is 0 Å². The van der Waals surface area contributed by atoms with Gasteiger partial charge in [-0.1, -0.05) is 69.3 Å². The lowest BCUT2D eigenvalue weighted by Gasteiger charge is -2.20. The van der Waals surface area contributed by atoms with Crippen molar-refractivity contribution in [2.24, 2.45) is 5.41 Å². The number of benzene rings is 4. The summed E-state index contributed by atoms with van der Waals surface area (Å²) in [6, 6.07) is 24.6. The first-order valence-electron chi connectivity index (χ1n) is 13.3. The topological polar surface area (TPSA) is 26.0 Å². The van der Waals surface area contributed by atoms with E-state index < -0.39 is 6.85 Å². The molecule has 0 saturated carbocycles. The van der Waals surface area contributed by atoms with Crippen LogP contribution in [0.25, 0.3) is 54.7 Å². The van der Waals surface area contributed by atoms with Gasteiger partial charge in [0.05, 0.1) is 7.06 Å². The molecule has 0 amide bonds. The van der Waals surface area contributed by atoms with E-state index in [4.69, 9.17) is 9.90 Å². The number of para-hydroxylation sites is 1. The molecule has 4 aromatic carbocycles. The highest BCUT2D eigenvalue weighted by Gasteiger charge is 2.17. The Morgan fingerprint density at radius 1 is 0.848 bits per heavy atom. The highest BCUT2D eigenvalue weighted by atomic mass is 16.3. The third-order valence-electron chi connectivity index (χ3n) is 6.28. The van der Waals surface area contributed by atoms with Crippen molar-refractivity contribution in [2.75, 3.05) is 0 Å². The summed E-state index contributed by atoms with van der Waals surface area (Å²) in [6.45, 7) is 3.79. The third-order valence-corrected chi connectivity index (χ3v) is 6.28. The van der Waals surface area contributed by atoms with Gasteiger partial charge < -0.3 is 4.42 Å². The SMILES string of the molecule is [2H]c1nc(-c2cccc3c2oc2cc4c(ccc5ccccc54)cc23)cc(CC(C)(C)C)c1C([2H])([2H])[2H]. The number of furan rings is 1. The van der Waals surface area contributed by atoms with Crippen LogP contribution in [-0.2, 0) is 6.42 Å². The van der Waals surface area contributed by atoms with Crippen molar-refractivity contribution in [3.63, 3.8) is 0 Å². The van der Waals surface area contributed by atoms with Gasteiger partial charge in [0, 0.05) is 26.6 Å². The van der Waals surface area contributed by atoms with Gasteiger partial charge in [-0.2, -0.15) is 0 Å². The monoisotopic (exact) mass is 433 g/mol. The molecular weight excluding hydrogens is 402 g/mol. The van der Waals surface area contributed by atoms with Gasteiger partial charge in [-0.05, 0) is 75.6 Å². The van der Waals surface area contributed by atoms with Crippen LogP contribution in [-0.4, -0.2) is 4.98 Å². The van der Waals surface area contributed by atoms with Crippen LogP contribution in [0.1, 0.15) is 37.4 Å². The molecule has 0 bridgehead atoms. The van der Waals surface area contributed by atoms with E-state index in [9.17, 15) is 0 Å². The molecule has 0 aliphatic rings. The van der Waals surface area contributed by atoms with Gasteiger partial charge >= 0.3 is 0 Å². The molecule has 0 saturated heterocycles. The van der Waals surface area contributed by atoms with E-state index in [0.29, 0.717) is 23.3 Å². The number of pyridine rings is 1. The summed E-state index contributed by atoms with van der Waals surface area (Å²) in [5.41, 5.74) is 3.28. The van der Waals surface area contributed by atoms with E-state index in [-0.39, 0.29) is 17.2 Å². The van der Waals surface area contributed by atoms with E-state index in [1.165, 1.54) is 10.8 Å². The molecule has 0 aliphatic heterocycles. The number of nitrogens with zero attached hydrogens (tertiary/aromatic N) is 1. The molecule has 0 fully saturated rings. The fourth-order valence-corrected chi connectivity index (χ4v) is 4.81. The van der Waals surface area contributed by atoms with Crippen LogP contribution in [0, 0.1) is 12.3 Å². The molecule has 0 unspecified atom stereocenters. The number of fused-ring (bicyclic) bond motifs is 6. The highest BCUT2D eigenvalue weighted by molar-refractivity contribution is 6.17. The molecule has 6 rings (SSSR count). The van der Waals surface area contributed by atoms with Crippen molar-refractivity contribution in [1.82, 2.24) is 4.98 Å². The fourth-order valence-electron chi connectivity index (χ4n) is 4.81. The van der Waals surface area contributed by atoms with Crippen molar-refractivity contribution >= 4 is 43.5 Å². The summed E-state index contributed by atoms with van der Waals surface area (Å²) in [5, 5.41) is 6.61. The Morgan fingerprint density at radius 3 is 2.52 bits per heavy atom. The molecule has 2 aromatic heterocycles. The highest BCUT2D eigenvalue weighted by Crippen LogP contribution is 2.39. The maximum atomic E-state index is 8.55. The Kier molecular flexibility index (Phi) is 3.49. The van der Waals surface area contributed by atoms with E-state index >= 15 is 0 Å². The van der Waals surface area contributed by atoms with Crippen LogP contribution in [0.2, 0.25) is 0 Å². The van der Waals surface area contributed by atoms with Crippen molar-refractivity contribution in [2.45, 2.75) is 34.0 Å². The van der Waals surface area contributed by atoms with Crippen LogP contribution < -0.4 is 0 Å². The second kappa shape index (κ2) is 7.18. The maximum Gasteiger partial charge on any atom is 0.144 e. The molecule has 2 heterocycles. The predicted octanol–water partition coefficient (Wildman–Crippen LogP) is 8.85. The second-order valence-corrected chi connectivity index (χ2v) is 10.0. The summed E-state index contributed by atoms with van der Waals surface area (Å²) >= 11 is 0. The minimum Gasteiger partial charge on any atom is -0.455 e. The van der Waals surface area contributed by atoms with Crippen LogP contribution in [0.15, 0.2) is 83.4 Å². The Labute approximate surface area is 199 Å². The van der Waals surface area contributed by atoms with Gasteiger partial charge in [-0.3, -0.25) is 4.98 Å². The van der Waals surface area contributed by atoms with Gasteiger partial charge in [-0.25, -0.2) is 0 Å². The van der Waals surface area contributed by atoms with Gasteiger partial charge in [0.25, 0.3) is 0 Å². The number of aromatic nitrogens is 1. The lowest BCUT2D eigenvalue weighted by molar-refractivity contribution is 0.410. The molecular formula is C31H27NO. The number of rotatable bonds is 2. The molecule has 33 heavy (non-hydrogen) atoms. The molecule has 0 aliphatic carbocycles. The zero-order valence-corrected chi connectivity index (χ0v) is 19.0. The molecule has 2 heteroatoms. The molecule has 0 spiro atoms. The summed E-state index contributed by atoms with van der Waals surface area (Å²) in [4.78, 5) is 4.46. The van der Waals surface area contributed by atoms with E-state index in [0.717, 1.165) is 32.7 Å². The maximum absolute atomic E-state index is 8.55. The molecule has 6 aromatic rings. The van der Waals surface area contributed by atoms with Gasteiger partial charge in [-0.15, -0.1) is 0 Å². The van der Waals surface area contributed by atoms with Gasteiger partial charge in [0.15, 0.2) is 0 Å². The summed E-state index contributed by atoms with van der Waals surface area (Å²) in [7, 11) is 0. The first-order valence-corrected chi connectivity index (χ1v) is 11.3. The van der Waals surface area contributed by atoms with Crippen molar-refractivity contribution in [1.29, 1.82) is 0 Å². The lowest BCUT2D eigenvalue weighted by Crippen LogP contribution is -2.10. The summed E-state index contributed by atoms with van der Waals surface area (Å²) in [5.74, 6) is 0. The van der Waals surface area contributed by atoms with Crippen molar-refractivity contribution < 1.29 is 9.90 Å². The second-order valence-electron chi connectivity index (χ2n) is 10.0. The van der Waals surface area contributed by atoms with E-state index in [1.807, 2.05) is 36.4 Å². The first-order chi connectivity index (χ1) is 17.5. The Morgan fingerprint density at radius 2 is 1.67 bits per heavy atom. The molecule has 0 atom stereocenters. The van der Waals surface area contributed by atoms with E-state index in [2.05, 4.69) is 62.2 Å². The summed E-state index contributed by atoms with van der Waals surface area (Å²) < 4.78 is 39.1. The largest absolute Gasteiger partial charge is 0.455 e. The van der Waals surface area contributed by atoms with Gasteiger partial charge in [0.2, 0.25) is 0 Å². The molecule has 2 nitrogen and oxygen atoms in total. The van der Waals surface area contributed by atoms with Crippen molar-refractivity contribution in [3.8, 4) is 11.3 Å². The minimum atomic E-state index is -2.41. The first kappa shape index (κ1) is 16.0.